The first-order valence-corrected chi connectivity index (χ1v) is 11.4. The lowest BCUT2D eigenvalue weighted by molar-refractivity contribution is -0.142. The molecule has 0 atom stereocenters. The fraction of sp³-hybridized carbons (Fsp3) is 0.320. The summed E-state index contributed by atoms with van der Waals surface area (Å²) in [4.78, 5) is 35.2. The Kier molecular flexibility index (Phi) is 6.18. The molecule has 0 N–H and O–H groups in total. The quantitative estimate of drug-likeness (QED) is 0.601. The van der Waals surface area contributed by atoms with Crippen molar-refractivity contribution < 1.29 is 9.59 Å². The van der Waals surface area contributed by atoms with Crippen molar-refractivity contribution >= 4 is 23.2 Å². The van der Waals surface area contributed by atoms with Gasteiger partial charge in [-0.1, -0.05) is 36.4 Å². The second-order valence-corrected chi connectivity index (χ2v) is 9.25. The van der Waals surface area contributed by atoms with Crippen LogP contribution in [0.2, 0.25) is 0 Å². The molecule has 0 unspecified atom stereocenters. The van der Waals surface area contributed by atoms with Gasteiger partial charge in [0.1, 0.15) is 5.69 Å². The number of likely N-dealkylation sites (tertiary alicyclic amines) is 1. The third-order valence-corrected chi connectivity index (χ3v) is 6.99. The predicted molar refractivity (Wildman–Crippen MR) is 124 cm³/mol. The van der Waals surface area contributed by atoms with Gasteiger partial charge in [0.05, 0.1) is 5.41 Å². The van der Waals surface area contributed by atoms with Crippen LogP contribution in [-0.4, -0.2) is 53.8 Å². The predicted octanol–water partition coefficient (Wildman–Crippen LogP) is 4.36. The Morgan fingerprint density at radius 3 is 2.42 bits per heavy atom. The van der Waals surface area contributed by atoms with Crippen molar-refractivity contribution in [2.75, 3.05) is 27.2 Å². The zero-order chi connectivity index (χ0) is 21.8. The third-order valence-electron chi connectivity index (χ3n) is 6.08. The van der Waals surface area contributed by atoms with Gasteiger partial charge in [-0.15, -0.1) is 11.3 Å². The molecule has 2 aromatic heterocycles. The Bertz CT molecular complexity index is 1040. The average molecular weight is 434 g/mol. The highest BCUT2D eigenvalue weighted by Crippen LogP contribution is 2.40. The van der Waals surface area contributed by atoms with Crippen molar-refractivity contribution in [2.24, 2.45) is 5.41 Å². The minimum absolute atomic E-state index is 0.0644. The van der Waals surface area contributed by atoms with Crippen LogP contribution in [0, 0.1) is 5.41 Å². The first-order chi connectivity index (χ1) is 15.0. The standard InChI is InChI=1S/C25H27N3O2S/c1-27(2)24(30)25(18-19-8-3-4-9-20(19)22-11-7-17-31-22)12-15-28(16-13-25)23(29)21-10-5-6-14-26-21/h3-11,14,17H,12-13,15-16,18H2,1-2H3. The molecular formula is C25H27N3O2S. The summed E-state index contributed by atoms with van der Waals surface area (Å²) in [5.41, 5.74) is 2.31. The lowest BCUT2D eigenvalue weighted by Crippen LogP contribution is -2.51. The highest BCUT2D eigenvalue weighted by atomic mass is 32.1. The number of piperidine rings is 1. The van der Waals surface area contributed by atoms with Gasteiger partial charge in [-0.05, 0) is 54.0 Å². The molecule has 31 heavy (non-hydrogen) atoms. The van der Waals surface area contributed by atoms with E-state index in [4.69, 9.17) is 0 Å². The van der Waals surface area contributed by atoms with Crippen molar-refractivity contribution in [1.82, 2.24) is 14.8 Å². The van der Waals surface area contributed by atoms with Gasteiger partial charge in [-0.25, -0.2) is 0 Å². The fourth-order valence-corrected chi connectivity index (χ4v) is 5.23. The van der Waals surface area contributed by atoms with Crippen molar-refractivity contribution in [3.05, 3.63) is 77.4 Å². The van der Waals surface area contributed by atoms with Gasteiger partial charge < -0.3 is 9.80 Å². The molecule has 5 nitrogen and oxygen atoms in total. The van der Waals surface area contributed by atoms with E-state index < -0.39 is 5.41 Å². The van der Waals surface area contributed by atoms with Crippen LogP contribution < -0.4 is 0 Å². The summed E-state index contributed by atoms with van der Waals surface area (Å²) in [6.45, 7) is 1.10. The van der Waals surface area contributed by atoms with E-state index >= 15 is 0 Å². The molecule has 2 amide bonds. The molecule has 1 aromatic carbocycles. The lowest BCUT2D eigenvalue weighted by Gasteiger charge is -2.42. The van der Waals surface area contributed by atoms with Gasteiger partial charge in [-0.3, -0.25) is 14.6 Å². The van der Waals surface area contributed by atoms with Gasteiger partial charge in [0.25, 0.3) is 5.91 Å². The minimum atomic E-state index is -0.516. The Hall–Kier alpha value is -2.99. The molecule has 4 rings (SSSR count). The molecular weight excluding hydrogens is 406 g/mol. The van der Waals surface area contributed by atoms with Crippen LogP contribution in [0.1, 0.15) is 28.9 Å². The maximum atomic E-state index is 13.4. The van der Waals surface area contributed by atoms with Crippen LogP contribution in [0.25, 0.3) is 10.4 Å². The molecule has 0 aliphatic carbocycles. The van der Waals surface area contributed by atoms with E-state index in [-0.39, 0.29) is 11.8 Å². The topological polar surface area (TPSA) is 53.5 Å². The van der Waals surface area contributed by atoms with Gasteiger partial charge in [0.2, 0.25) is 5.91 Å². The molecule has 3 aromatic rings. The molecule has 0 bridgehead atoms. The Labute approximate surface area is 187 Å². The summed E-state index contributed by atoms with van der Waals surface area (Å²) in [6, 6.07) is 17.9. The normalized spacial score (nSPS) is 15.5. The van der Waals surface area contributed by atoms with E-state index in [1.807, 2.05) is 37.2 Å². The summed E-state index contributed by atoms with van der Waals surface area (Å²) in [6.07, 6.45) is 3.59. The third kappa shape index (κ3) is 4.39. The number of carbonyl (C=O) groups excluding carboxylic acids is 2. The number of thiophene rings is 1. The molecule has 1 aliphatic rings. The SMILES string of the molecule is CN(C)C(=O)C1(Cc2ccccc2-c2cccs2)CCN(C(=O)c2ccccn2)CC1. The molecule has 0 radical (unpaired) electrons. The summed E-state index contributed by atoms with van der Waals surface area (Å²) in [5.74, 6) is 0.0731. The first-order valence-electron chi connectivity index (χ1n) is 10.5. The average Bonchev–Trinajstić information content (AvgIpc) is 3.34. The number of nitrogens with zero attached hydrogens (tertiary/aromatic N) is 3. The number of rotatable bonds is 5. The van der Waals surface area contributed by atoms with Crippen molar-refractivity contribution in [3.63, 3.8) is 0 Å². The Balaban J connectivity index is 1.59. The van der Waals surface area contributed by atoms with Crippen LogP contribution in [-0.2, 0) is 11.2 Å². The Morgan fingerprint density at radius 1 is 1.03 bits per heavy atom. The van der Waals surface area contributed by atoms with Gasteiger partial charge in [-0.2, -0.15) is 0 Å². The van der Waals surface area contributed by atoms with Crippen LogP contribution in [0.3, 0.4) is 0 Å². The minimum Gasteiger partial charge on any atom is -0.348 e. The van der Waals surface area contributed by atoms with Crippen LogP contribution in [0.4, 0.5) is 0 Å². The van der Waals surface area contributed by atoms with E-state index in [0.717, 1.165) is 0 Å². The zero-order valence-corrected chi connectivity index (χ0v) is 18.8. The molecule has 6 heteroatoms. The van der Waals surface area contributed by atoms with Crippen molar-refractivity contribution in [2.45, 2.75) is 19.3 Å². The lowest BCUT2D eigenvalue weighted by atomic mass is 9.72. The van der Waals surface area contributed by atoms with Gasteiger partial charge in [0, 0.05) is 38.3 Å². The maximum absolute atomic E-state index is 13.4. The molecule has 1 saturated heterocycles. The second-order valence-electron chi connectivity index (χ2n) is 8.30. The highest BCUT2D eigenvalue weighted by Gasteiger charge is 2.43. The fourth-order valence-electron chi connectivity index (χ4n) is 4.44. The van der Waals surface area contributed by atoms with Gasteiger partial charge >= 0.3 is 0 Å². The van der Waals surface area contributed by atoms with E-state index in [9.17, 15) is 9.59 Å². The number of amides is 2. The largest absolute Gasteiger partial charge is 0.348 e. The van der Waals surface area contributed by atoms with E-state index in [2.05, 4.69) is 34.6 Å². The summed E-state index contributed by atoms with van der Waals surface area (Å²) >= 11 is 1.71. The molecule has 1 fully saturated rings. The molecule has 3 heterocycles. The van der Waals surface area contributed by atoms with Gasteiger partial charge in [0.15, 0.2) is 0 Å². The van der Waals surface area contributed by atoms with E-state index in [0.29, 0.717) is 38.0 Å². The van der Waals surface area contributed by atoms with Crippen LogP contribution >= 0.6 is 11.3 Å². The van der Waals surface area contributed by atoms with Crippen molar-refractivity contribution in [1.29, 1.82) is 0 Å². The molecule has 1 aliphatic heterocycles. The zero-order valence-electron chi connectivity index (χ0n) is 18.0. The summed E-state index contributed by atoms with van der Waals surface area (Å²) in [7, 11) is 3.64. The number of hydrogen-bond donors (Lipinski definition) is 0. The van der Waals surface area contributed by atoms with Crippen LogP contribution in [0.5, 0.6) is 0 Å². The van der Waals surface area contributed by atoms with Crippen molar-refractivity contribution in [3.8, 4) is 10.4 Å². The number of hydrogen-bond acceptors (Lipinski definition) is 4. The summed E-state index contributed by atoms with van der Waals surface area (Å²) < 4.78 is 0. The maximum Gasteiger partial charge on any atom is 0.272 e. The van der Waals surface area contributed by atoms with Crippen LogP contribution in [0.15, 0.2) is 66.2 Å². The number of benzene rings is 1. The number of aromatic nitrogens is 1. The molecule has 0 saturated carbocycles. The van der Waals surface area contributed by atoms with E-state index in [1.165, 1.54) is 16.0 Å². The first kappa shape index (κ1) is 21.2. The second kappa shape index (κ2) is 9.02. The summed E-state index contributed by atoms with van der Waals surface area (Å²) in [5, 5.41) is 2.08. The molecule has 0 spiro atoms. The monoisotopic (exact) mass is 433 g/mol. The van der Waals surface area contributed by atoms with E-state index in [1.54, 1.807) is 34.6 Å². The number of carbonyl (C=O) groups is 2. The smallest absolute Gasteiger partial charge is 0.272 e. The molecule has 160 valence electrons. The highest BCUT2D eigenvalue weighted by molar-refractivity contribution is 7.13. The Morgan fingerprint density at radius 2 is 1.77 bits per heavy atom. The number of pyridine rings is 1.